The molecule has 6 heteroatoms. The Morgan fingerprint density at radius 2 is 1.76 bits per heavy atom. The van der Waals surface area contributed by atoms with Gasteiger partial charge in [0.25, 0.3) is 5.91 Å². The van der Waals surface area contributed by atoms with Crippen molar-refractivity contribution in [3.63, 3.8) is 0 Å². The number of carbonyl (C=O) groups excluding carboxylic acids is 2. The number of carbonyl (C=O) groups is 2. The summed E-state index contributed by atoms with van der Waals surface area (Å²) in [5.41, 5.74) is 2.61. The minimum Gasteiger partial charge on any atom is -0.494 e. The summed E-state index contributed by atoms with van der Waals surface area (Å²) in [4.78, 5) is 24.0. The molecule has 2 aromatic carbocycles. The summed E-state index contributed by atoms with van der Waals surface area (Å²) >= 11 is 0. The Morgan fingerprint density at radius 1 is 1.04 bits per heavy atom. The second-order valence-electron chi connectivity index (χ2n) is 5.43. The van der Waals surface area contributed by atoms with Gasteiger partial charge in [0, 0.05) is 24.0 Å². The average Bonchev–Trinajstić information content (AvgIpc) is 2.57. The van der Waals surface area contributed by atoms with E-state index in [1.807, 2.05) is 13.8 Å². The fraction of sp³-hybridized carbons (Fsp3) is 0.263. The van der Waals surface area contributed by atoms with Crippen LogP contribution in [0.3, 0.4) is 0 Å². The molecule has 132 valence electrons. The summed E-state index contributed by atoms with van der Waals surface area (Å²) in [5.74, 6) is 0.279. The number of methoxy groups -OCH3 is 1. The van der Waals surface area contributed by atoms with Crippen LogP contribution >= 0.6 is 0 Å². The summed E-state index contributed by atoms with van der Waals surface area (Å²) in [6, 6.07) is 12.2. The van der Waals surface area contributed by atoms with Crippen LogP contribution in [0.15, 0.2) is 42.5 Å². The van der Waals surface area contributed by atoms with Gasteiger partial charge < -0.3 is 20.1 Å². The SMILES string of the molecule is CCOc1ccc(C(=O)Nc2cccc(NC(=O)COC)c2)cc1C. The molecule has 0 fully saturated rings. The number of rotatable bonds is 7. The fourth-order valence-electron chi connectivity index (χ4n) is 2.31. The highest BCUT2D eigenvalue weighted by atomic mass is 16.5. The van der Waals surface area contributed by atoms with Crippen LogP contribution in [-0.2, 0) is 9.53 Å². The van der Waals surface area contributed by atoms with Gasteiger partial charge in [0.1, 0.15) is 12.4 Å². The maximum absolute atomic E-state index is 12.4. The molecule has 0 radical (unpaired) electrons. The van der Waals surface area contributed by atoms with Crippen LogP contribution in [0, 0.1) is 6.92 Å². The van der Waals surface area contributed by atoms with Crippen LogP contribution < -0.4 is 15.4 Å². The van der Waals surface area contributed by atoms with E-state index in [2.05, 4.69) is 10.6 Å². The molecule has 0 spiro atoms. The molecule has 0 aliphatic rings. The second kappa shape index (κ2) is 8.84. The van der Waals surface area contributed by atoms with E-state index in [1.54, 1.807) is 42.5 Å². The Bertz CT molecular complexity index is 759. The molecule has 2 rings (SSSR count). The van der Waals surface area contributed by atoms with Crippen molar-refractivity contribution in [2.45, 2.75) is 13.8 Å². The number of amides is 2. The van der Waals surface area contributed by atoms with E-state index in [4.69, 9.17) is 9.47 Å². The molecule has 0 aliphatic heterocycles. The topological polar surface area (TPSA) is 76.7 Å². The number of hydrogen-bond acceptors (Lipinski definition) is 4. The van der Waals surface area contributed by atoms with Crippen molar-refractivity contribution in [2.75, 3.05) is 31.0 Å². The highest BCUT2D eigenvalue weighted by Crippen LogP contribution is 2.21. The predicted octanol–water partition coefficient (Wildman–Crippen LogP) is 3.23. The van der Waals surface area contributed by atoms with Crippen molar-refractivity contribution in [2.24, 2.45) is 0 Å². The summed E-state index contributed by atoms with van der Waals surface area (Å²) in [7, 11) is 1.45. The van der Waals surface area contributed by atoms with Crippen molar-refractivity contribution in [3.8, 4) is 5.75 Å². The number of benzene rings is 2. The van der Waals surface area contributed by atoms with E-state index in [0.717, 1.165) is 11.3 Å². The third-order valence-electron chi connectivity index (χ3n) is 3.42. The molecule has 0 aromatic heterocycles. The molecular weight excluding hydrogens is 320 g/mol. The van der Waals surface area contributed by atoms with Gasteiger partial charge in [-0.05, 0) is 55.8 Å². The van der Waals surface area contributed by atoms with Gasteiger partial charge in [-0.3, -0.25) is 9.59 Å². The van der Waals surface area contributed by atoms with Gasteiger partial charge in [-0.25, -0.2) is 0 Å². The molecule has 0 saturated carbocycles. The highest BCUT2D eigenvalue weighted by molar-refractivity contribution is 6.05. The van der Waals surface area contributed by atoms with Gasteiger partial charge in [-0.2, -0.15) is 0 Å². The molecular formula is C19H22N2O4. The number of aryl methyl sites for hydroxylation is 1. The van der Waals surface area contributed by atoms with Crippen LogP contribution in [0.1, 0.15) is 22.8 Å². The molecule has 0 saturated heterocycles. The van der Waals surface area contributed by atoms with Gasteiger partial charge in [-0.1, -0.05) is 6.07 Å². The van der Waals surface area contributed by atoms with Gasteiger partial charge in [0.2, 0.25) is 5.91 Å². The van der Waals surface area contributed by atoms with E-state index in [-0.39, 0.29) is 18.4 Å². The lowest BCUT2D eigenvalue weighted by atomic mass is 10.1. The molecule has 2 N–H and O–H groups in total. The molecule has 0 atom stereocenters. The third-order valence-corrected chi connectivity index (χ3v) is 3.42. The maximum Gasteiger partial charge on any atom is 0.255 e. The number of anilines is 2. The van der Waals surface area contributed by atoms with Crippen LogP contribution in [0.2, 0.25) is 0 Å². The summed E-state index contributed by atoms with van der Waals surface area (Å²) in [5, 5.41) is 5.52. The maximum atomic E-state index is 12.4. The zero-order chi connectivity index (χ0) is 18.2. The molecule has 2 aromatic rings. The van der Waals surface area contributed by atoms with Crippen LogP contribution in [0.5, 0.6) is 5.75 Å². The minimum atomic E-state index is -0.256. The quantitative estimate of drug-likeness (QED) is 0.810. The molecule has 6 nitrogen and oxygen atoms in total. The zero-order valence-electron chi connectivity index (χ0n) is 14.6. The number of nitrogens with one attached hydrogen (secondary N) is 2. The lowest BCUT2D eigenvalue weighted by molar-refractivity contribution is -0.119. The lowest BCUT2D eigenvalue weighted by Gasteiger charge is -2.11. The van der Waals surface area contributed by atoms with E-state index in [0.29, 0.717) is 23.5 Å². The van der Waals surface area contributed by atoms with Crippen molar-refractivity contribution in [1.29, 1.82) is 0 Å². The van der Waals surface area contributed by atoms with Crippen molar-refractivity contribution in [1.82, 2.24) is 0 Å². The van der Waals surface area contributed by atoms with Gasteiger partial charge in [0.05, 0.1) is 6.61 Å². The molecule has 0 unspecified atom stereocenters. The lowest BCUT2D eigenvalue weighted by Crippen LogP contribution is -2.17. The molecule has 0 heterocycles. The summed E-state index contributed by atoms with van der Waals surface area (Å²) in [6.07, 6.45) is 0. The Morgan fingerprint density at radius 3 is 2.40 bits per heavy atom. The zero-order valence-corrected chi connectivity index (χ0v) is 14.6. The second-order valence-corrected chi connectivity index (χ2v) is 5.43. The average molecular weight is 342 g/mol. The Balaban J connectivity index is 2.07. The number of ether oxygens (including phenoxy) is 2. The Kier molecular flexibility index (Phi) is 6.54. The predicted molar refractivity (Wildman–Crippen MR) is 97.2 cm³/mol. The smallest absolute Gasteiger partial charge is 0.255 e. The van der Waals surface area contributed by atoms with Gasteiger partial charge in [0.15, 0.2) is 0 Å². The normalized spacial score (nSPS) is 10.2. The monoisotopic (exact) mass is 342 g/mol. The molecule has 0 bridgehead atoms. The van der Waals surface area contributed by atoms with E-state index >= 15 is 0 Å². The standard InChI is InChI=1S/C19H22N2O4/c1-4-25-17-9-8-14(10-13(17)2)19(23)21-16-7-5-6-15(11-16)20-18(22)12-24-3/h5-11H,4,12H2,1-3H3,(H,20,22)(H,21,23). The minimum absolute atomic E-state index is 0.0258. The van der Waals surface area contributed by atoms with Gasteiger partial charge >= 0.3 is 0 Å². The Hall–Kier alpha value is -2.86. The Labute approximate surface area is 147 Å². The van der Waals surface area contributed by atoms with Crippen LogP contribution in [0.4, 0.5) is 11.4 Å². The first-order valence-electron chi connectivity index (χ1n) is 7.97. The van der Waals surface area contributed by atoms with E-state index in [9.17, 15) is 9.59 Å². The molecule has 25 heavy (non-hydrogen) atoms. The van der Waals surface area contributed by atoms with Crippen molar-refractivity contribution in [3.05, 3.63) is 53.6 Å². The third kappa shape index (κ3) is 5.32. The highest BCUT2D eigenvalue weighted by Gasteiger charge is 2.09. The van der Waals surface area contributed by atoms with E-state index < -0.39 is 0 Å². The molecule has 0 aliphatic carbocycles. The number of hydrogen-bond donors (Lipinski definition) is 2. The summed E-state index contributed by atoms with van der Waals surface area (Å²) in [6.45, 7) is 4.36. The largest absolute Gasteiger partial charge is 0.494 e. The first kappa shape index (κ1) is 18.5. The summed E-state index contributed by atoms with van der Waals surface area (Å²) < 4.78 is 10.3. The van der Waals surface area contributed by atoms with E-state index in [1.165, 1.54) is 7.11 Å². The van der Waals surface area contributed by atoms with Crippen LogP contribution in [-0.4, -0.2) is 32.1 Å². The first-order valence-corrected chi connectivity index (χ1v) is 7.97. The van der Waals surface area contributed by atoms with Crippen molar-refractivity contribution < 1.29 is 19.1 Å². The fourth-order valence-corrected chi connectivity index (χ4v) is 2.31. The van der Waals surface area contributed by atoms with Crippen LogP contribution in [0.25, 0.3) is 0 Å². The van der Waals surface area contributed by atoms with Crippen molar-refractivity contribution >= 4 is 23.2 Å². The van der Waals surface area contributed by atoms with Gasteiger partial charge in [-0.15, -0.1) is 0 Å². The first-order chi connectivity index (χ1) is 12.0. The molecule has 2 amide bonds.